The maximum absolute atomic E-state index is 12.2. The smallest absolute Gasteiger partial charge is 0.269 e. The number of nitrogens with zero attached hydrogens (tertiary/aromatic N) is 2. The number of carbonyl (C=O) groups excluding carboxylic acids is 1. The van der Waals surface area contributed by atoms with E-state index in [-0.39, 0.29) is 11.6 Å². The van der Waals surface area contributed by atoms with Crippen molar-refractivity contribution in [3.63, 3.8) is 0 Å². The van der Waals surface area contributed by atoms with Gasteiger partial charge in [0.05, 0.1) is 4.92 Å². The average Bonchev–Trinajstić information content (AvgIpc) is 2.57. The van der Waals surface area contributed by atoms with E-state index in [1.165, 1.54) is 6.07 Å². The molecule has 6 nitrogen and oxygen atoms in total. The van der Waals surface area contributed by atoms with Crippen LogP contribution >= 0.6 is 0 Å². The Kier molecular flexibility index (Phi) is 4.90. The monoisotopic (exact) mass is 291 g/mol. The van der Waals surface area contributed by atoms with Crippen molar-refractivity contribution in [2.24, 2.45) is 0 Å². The van der Waals surface area contributed by atoms with Crippen LogP contribution in [0.3, 0.4) is 0 Å². The Morgan fingerprint density at radius 1 is 1.38 bits per heavy atom. The summed E-state index contributed by atoms with van der Waals surface area (Å²) < 4.78 is 0. The SMILES string of the molecule is CC(C)NCCN1C(=O)CCCc2cc([N+](=O)[O-])ccc21. The Labute approximate surface area is 124 Å². The summed E-state index contributed by atoms with van der Waals surface area (Å²) in [6.07, 6.45) is 1.93. The molecule has 1 aliphatic heterocycles. The molecule has 0 spiro atoms. The average molecular weight is 291 g/mol. The predicted octanol–water partition coefficient (Wildman–Crippen LogP) is 2.26. The van der Waals surface area contributed by atoms with Gasteiger partial charge >= 0.3 is 0 Å². The van der Waals surface area contributed by atoms with Crippen LogP contribution in [0.5, 0.6) is 0 Å². The molecule has 21 heavy (non-hydrogen) atoms. The molecule has 114 valence electrons. The maximum Gasteiger partial charge on any atom is 0.269 e. The predicted molar refractivity (Wildman–Crippen MR) is 81.5 cm³/mol. The van der Waals surface area contributed by atoms with Gasteiger partial charge in [-0.1, -0.05) is 13.8 Å². The number of nitro groups is 1. The minimum atomic E-state index is -0.391. The lowest BCUT2D eigenvalue weighted by Crippen LogP contribution is -2.38. The van der Waals surface area contributed by atoms with Crippen LogP contribution < -0.4 is 10.2 Å². The number of fused-ring (bicyclic) bond motifs is 1. The molecule has 1 heterocycles. The number of hydrogen-bond donors (Lipinski definition) is 1. The van der Waals surface area contributed by atoms with Crippen molar-refractivity contribution < 1.29 is 9.72 Å². The van der Waals surface area contributed by atoms with Crippen LogP contribution in [0.25, 0.3) is 0 Å². The van der Waals surface area contributed by atoms with Crippen LogP contribution in [0.2, 0.25) is 0 Å². The van der Waals surface area contributed by atoms with Crippen molar-refractivity contribution in [3.05, 3.63) is 33.9 Å². The fourth-order valence-corrected chi connectivity index (χ4v) is 2.56. The first-order valence-electron chi connectivity index (χ1n) is 7.30. The molecule has 1 amide bonds. The number of non-ortho nitro benzene ring substituents is 1. The molecule has 0 saturated carbocycles. The quantitative estimate of drug-likeness (QED) is 0.667. The van der Waals surface area contributed by atoms with Gasteiger partial charge in [0.15, 0.2) is 0 Å². The van der Waals surface area contributed by atoms with E-state index in [1.54, 1.807) is 17.0 Å². The Balaban J connectivity index is 2.24. The molecular weight excluding hydrogens is 270 g/mol. The molecular formula is C15H21N3O3. The second-order valence-corrected chi connectivity index (χ2v) is 5.58. The highest BCUT2D eigenvalue weighted by molar-refractivity contribution is 5.95. The Morgan fingerprint density at radius 2 is 2.14 bits per heavy atom. The van der Waals surface area contributed by atoms with Gasteiger partial charge in [0, 0.05) is 43.4 Å². The maximum atomic E-state index is 12.2. The zero-order chi connectivity index (χ0) is 15.4. The summed E-state index contributed by atoms with van der Waals surface area (Å²) in [5.74, 6) is 0.0909. The van der Waals surface area contributed by atoms with Gasteiger partial charge in [-0.25, -0.2) is 0 Å². The van der Waals surface area contributed by atoms with Crippen LogP contribution in [-0.2, 0) is 11.2 Å². The van der Waals surface area contributed by atoms with Gasteiger partial charge in [0.25, 0.3) is 5.69 Å². The van der Waals surface area contributed by atoms with E-state index in [0.717, 1.165) is 17.7 Å². The van der Waals surface area contributed by atoms with Gasteiger partial charge in [-0.3, -0.25) is 14.9 Å². The van der Waals surface area contributed by atoms with E-state index >= 15 is 0 Å². The summed E-state index contributed by atoms with van der Waals surface area (Å²) >= 11 is 0. The van der Waals surface area contributed by atoms with Gasteiger partial charge in [-0.15, -0.1) is 0 Å². The fraction of sp³-hybridized carbons (Fsp3) is 0.533. The molecule has 0 unspecified atom stereocenters. The van der Waals surface area contributed by atoms with Crippen LogP contribution in [-0.4, -0.2) is 30.0 Å². The van der Waals surface area contributed by atoms with Gasteiger partial charge < -0.3 is 10.2 Å². The first-order chi connectivity index (χ1) is 9.99. The minimum Gasteiger partial charge on any atom is -0.313 e. The largest absolute Gasteiger partial charge is 0.313 e. The lowest BCUT2D eigenvalue weighted by molar-refractivity contribution is -0.384. The Hall–Kier alpha value is -1.95. The molecule has 0 radical (unpaired) electrons. The number of rotatable bonds is 5. The molecule has 0 aliphatic carbocycles. The minimum absolute atomic E-state index is 0.0864. The molecule has 6 heteroatoms. The highest BCUT2D eigenvalue weighted by Crippen LogP contribution is 2.30. The number of anilines is 1. The molecule has 0 fully saturated rings. The molecule has 1 aromatic carbocycles. The Morgan fingerprint density at radius 3 is 2.81 bits per heavy atom. The van der Waals surface area contributed by atoms with E-state index in [9.17, 15) is 14.9 Å². The molecule has 0 saturated heterocycles. The van der Waals surface area contributed by atoms with E-state index in [2.05, 4.69) is 19.2 Å². The van der Waals surface area contributed by atoms with Crippen molar-refractivity contribution in [2.45, 2.75) is 39.2 Å². The van der Waals surface area contributed by atoms with Gasteiger partial charge in [0.2, 0.25) is 5.91 Å². The number of benzene rings is 1. The van der Waals surface area contributed by atoms with Crippen LogP contribution in [0.15, 0.2) is 18.2 Å². The second kappa shape index (κ2) is 6.67. The lowest BCUT2D eigenvalue weighted by Gasteiger charge is -2.23. The zero-order valence-corrected chi connectivity index (χ0v) is 12.5. The Bertz CT molecular complexity index is 543. The summed E-state index contributed by atoms with van der Waals surface area (Å²) in [5, 5.41) is 14.2. The third-order valence-electron chi connectivity index (χ3n) is 3.59. The zero-order valence-electron chi connectivity index (χ0n) is 12.5. The number of aryl methyl sites for hydroxylation is 1. The van der Waals surface area contributed by atoms with Crippen LogP contribution in [0, 0.1) is 10.1 Å². The normalized spacial score (nSPS) is 15.0. The lowest BCUT2D eigenvalue weighted by atomic mass is 10.1. The van der Waals surface area contributed by atoms with Crippen molar-refractivity contribution in [1.29, 1.82) is 0 Å². The first kappa shape index (κ1) is 15.4. The van der Waals surface area contributed by atoms with Crippen LogP contribution in [0.4, 0.5) is 11.4 Å². The van der Waals surface area contributed by atoms with E-state index in [4.69, 9.17) is 0 Å². The summed E-state index contributed by atoms with van der Waals surface area (Å²) in [4.78, 5) is 24.5. The van der Waals surface area contributed by atoms with Crippen LogP contribution in [0.1, 0.15) is 32.3 Å². The molecule has 0 aromatic heterocycles. The first-order valence-corrected chi connectivity index (χ1v) is 7.30. The number of hydrogen-bond acceptors (Lipinski definition) is 4. The van der Waals surface area contributed by atoms with E-state index in [1.807, 2.05) is 0 Å². The summed E-state index contributed by atoms with van der Waals surface area (Å²) in [5.41, 5.74) is 1.79. The number of carbonyl (C=O) groups is 1. The van der Waals surface area contributed by atoms with E-state index in [0.29, 0.717) is 32.0 Å². The van der Waals surface area contributed by atoms with Gasteiger partial charge in [-0.05, 0) is 24.5 Å². The third-order valence-corrected chi connectivity index (χ3v) is 3.59. The van der Waals surface area contributed by atoms with Crippen molar-refractivity contribution in [3.8, 4) is 0 Å². The van der Waals surface area contributed by atoms with E-state index < -0.39 is 4.92 Å². The molecule has 0 atom stereocenters. The van der Waals surface area contributed by atoms with Crippen molar-refractivity contribution in [2.75, 3.05) is 18.0 Å². The number of amides is 1. The van der Waals surface area contributed by atoms with Gasteiger partial charge in [0.1, 0.15) is 0 Å². The molecule has 2 rings (SSSR count). The summed E-state index contributed by atoms with van der Waals surface area (Å²) in [6, 6.07) is 5.13. The highest BCUT2D eigenvalue weighted by atomic mass is 16.6. The highest BCUT2D eigenvalue weighted by Gasteiger charge is 2.23. The standard InChI is InChI=1S/C15H21N3O3/c1-11(2)16-8-9-17-14-7-6-13(18(20)21)10-12(14)4-3-5-15(17)19/h6-7,10-11,16H,3-5,8-9H2,1-2H3. The number of nitro benzene ring substituents is 1. The van der Waals surface area contributed by atoms with Crippen molar-refractivity contribution in [1.82, 2.24) is 5.32 Å². The molecule has 1 aliphatic rings. The summed E-state index contributed by atoms with van der Waals surface area (Å²) in [7, 11) is 0. The summed E-state index contributed by atoms with van der Waals surface area (Å²) in [6.45, 7) is 5.41. The van der Waals surface area contributed by atoms with Crippen molar-refractivity contribution >= 4 is 17.3 Å². The molecule has 0 bridgehead atoms. The topological polar surface area (TPSA) is 75.5 Å². The molecule has 1 N–H and O–H groups in total. The fourth-order valence-electron chi connectivity index (χ4n) is 2.56. The molecule has 1 aromatic rings. The third kappa shape index (κ3) is 3.78. The van der Waals surface area contributed by atoms with Gasteiger partial charge in [-0.2, -0.15) is 0 Å². The second-order valence-electron chi connectivity index (χ2n) is 5.58. The number of nitrogens with one attached hydrogen (secondary N) is 1.